The van der Waals surface area contributed by atoms with Gasteiger partial charge in [0.15, 0.2) is 5.16 Å². The van der Waals surface area contributed by atoms with Gasteiger partial charge in [0.05, 0.1) is 5.75 Å². The number of aromatic nitrogens is 2. The highest BCUT2D eigenvalue weighted by Gasteiger charge is 2.13. The smallest absolute Gasteiger partial charge is 0.230 e. The molecule has 1 aromatic rings. The van der Waals surface area contributed by atoms with Crippen LogP contribution in [0.5, 0.6) is 0 Å². The van der Waals surface area contributed by atoms with Crippen LogP contribution in [0.2, 0.25) is 0 Å². The Balaban J connectivity index is 1.65. The minimum atomic E-state index is 0.0553. The fourth-order valence-electron chi connectivity index (χ4n) is 1.99. The maximum Gasteiger partial charge on any atom is 0.230 e. The molecule has 2 N–H and O–H groups in total. The zero-order chi connectivity index (χ0) is 13.5. The molecule has 1 fully saturated rings. The lowest BCUT2D eigenvalue weighted by atomic mass is 10.00. The molecule has 0 spiro atoms. The van der Waals surface area contributed by atoms with E-state index in [2.05, 4.69) is 20.6 Å². The zero-order valence-corrected chi connectivity index (χ0v) is 12.0. The highest BCUT2D eigenvalue weighted by Crippen LogP contribution is 2.12. The maximum atomic E-state index is 11.7. The lowest BCUT2D eigenvalue weighted by molar-refractivity contribution is -0.118. The number of amides is 1. The topological polar surface area (TPSA) is 66.9 Å². The van der Waals surface area contributed by atoms with Gasteiger partial charge in [0.2, 0.25) is 5.91 Å². The van der Waals surface area contributed by atoms with E-state index in [-0.39, 0.29) is 5.91 Å². The fourth-order valence-corrected chi connectivity index (χ4v) is 2.61. The average molecular weight is 280 g/mol. The quantitative estimate of drug-likeness (QED) is 0.622. The molecule has 6 heteroatoms. The van der Waals surface area contributed by atoms with Crippen LogP contribution in [0.15, 0.2) is 17.6 Å². The number of aryl methyl sites for hydroxylation is 1. The molecule has 1 amide bonds. The number of thioether (sulfide) groups is 1. The summed E-state index contributed by atoms with van der Waals surface area (Å²) >= 11 is 1.37. The van der Waals surface area contributed by atoms with Gasteiger partial charge in [-0.3, -0.25) is 4.79 Å². The van der Waals surface area contributed by atoms with E-state index in [4.69, 9.17) is 0 Å². The van der Waals surface area contributed by atoms with Crippen LogP contribution in [0.1, 0.15) is 18.4 Å². The Morgan fingerprint density at radius 3 is 3.00 bits per heavy atom. The van der Waals surface area contributed by atoms with Crippen molar-refractivity contribution in [3.8, 4) is 0 Å². The van der Waals surface area contributed by atoms with Gasteiger partial charge in [-0.05, 0) is 44.3 Å². The second kappa shape index (κ2) is 7.45. The molecule has 5 nitrogen and oxygen atoms in total. The minimum absolute atomic E-state index is 0.0553. The van der Waals surface area contributed by atoms with Crippen molar-refractivity contribution in [1.29, 1.82) is 0 Å². The lowest BCUT2D eigenvalue weighted by Gasteiger charge is -2.22. The monoisotopic (exact) mass is 280 g/mol. The van der Waals surface area contributed by atoms with E-state index in [1.165, 1.54) is 24.6 Å². The summed E-state index contributed by atoms with van der Waals surface area (Å²) in [6.45, 7) is 4.82. The van der Waals surface area contributed by atoms with Crippen LogP contribution in [0.3, 0.4) is 0 Å². The van der Waals surface area contributed by atoms with Crippen molar-refractivity contribution in [2.75, 3.05) is 25.4 Å². The van der Waals surface area contributed by atoms with Gasteiger partial charge in [-0.15, -0.1) is 0 Å². The summed E-state index contributed by atoms with van der Waals surface area (Å²) in [6.07, 6.45) is 5.93. The van der Waals surface area contributed by atoms with Crippen LogP contribution in [0.4, 0.5) is 0 Å². The fraction of sp³-hybridized carbons (Fsp3) is 0.615. The van der Waals surface area contributed by atoms with Crippen molar-refractivity contribution in [3.63, 3.8) is 0 Å². The predicted molar refractivity (Wildman–Crippen MR) is 76.1 cm³/mol. The van der Waals surface area contributed by atoms with Crippen LogP contribution < -0.4 is 10.6 Å². The Morgan fingerprint density at radius 1 is 1.53 bits per heavy atom. The Bertz CT molecular complexity index is 404. The minimum Gasteiger partial charge on any atom is -0.355 e. The number of hydrogen-bond acceptors (Lipinski definition) is 5. The van der Waals surface area contributed by atoms with Crippen LogP contribution in [-0.2, 0) is 4.79 Å². The maximum absolute atomic E-state index is 11.7. The number of nitrogens with zero attached hydrogens (tertiary/aromatic N) is 2. The average Bonchev–Trinajstić information content (AvgIpc) is 2.45. The number of rotatable bonds is 5. The molecule has 0 aliphatic carbocycles. The van der Waals surface area contributed by atoms with Crippen molar-refractivity contribution in [3.05, 3.63) is 18.0 Å². The van der Waals surface area contributed by atoms with E-state index in [1.54, 1.807) is 12.4 Å². The lowest BCUT2D eigenvalue weighted by Crippen LogP contribution is -2.38. The molecule has 0 saturated carbocycles. The number of nitrogens with one attached hydrogen (secondary N) is 2. The summed E-state index contributed by atoms with van der Waals surface area (Å²) in [5.41, 5.74) is 1.03. The first kappa shape index (κ1) is 14.3. The molecule has 1 aromatic heterocycles. The van der Waals surface area contributed by atoms with E-state index in [0.29, 0.717) is 16.8 Å². The Hall–Kier alpha value is -1.14. The second-order valence-corrected chi connectivity index (χ2v) is 5.79. The van der Waals surface area contributed by atoms with Gasteiger partial charge in [0, 0.05) is 18.9 Å². The number of carbonyl (C=O) groups excluding carboxylic acids is 1. The summed E-state index contributed by atoms with van der Waals surface area (Å²) in [4.78, 5) is 20.0. The van der Waals surface area contributed by atoms with Gasteiger partial charge >= 0.3 is 0 Å². The Kier molecular flexibility index (Phi) is 5.60. The van der Waals surface area contributed by atoms with Crippen molar-refractivity contribution < 1.29 is 4.79 Å². The third-order valence-electron chi connectivity index (χ3n) is 3.08. The van der Waals surface area contributed by atoms with E-state index < -0.39 is 0 Å². The number of hydrogen-bond donors (Lipinski definition) is 2. The molecule has 2 heterocycles. The Labute approximate surface area is 118 Å². The van der Waals surface area contributed by atoms with Gasteiger partial charge in [-0.2, -0.15) is 0 Å². The molecule has 1 atom stereocenters. The van der Waals surface area contributed by atoms with Gasteiger partial charge in [-0.1, -0.05) is 11.8 Å². The van der Waals surface area contributed by atoms with E-state index in [9.17, 15) is 4.79 Å². The standard InChI is InChI=1S/C13H20N4OS/c1-10-5-16-13(17-6-10)19-9-12(18)15-8-11-3-2-4-14-7-11/h5-6,11,14H,2-4,7-9H2,1H3,(H,15,18). The largest absolute Gasteiger partial charge is 0.355 e. The molecule has 2 rings (SSSR count). The van der Waals surface area contributed by atoms with Gasteiger partial charge in [0.1, 0.15) is 0 Å². The Morgan fingerprint density at radius 2 is 2.32 bits per heavy atom. The molecule has 1 aliphatic heterocycles. The molecule has 0 bridgehead atoms. The first-order valence-corrected chi connectivity index (χ1v) is 7.61. The molecular formula is C13H20N4OS. The van der Waals surface area contributed by atoms with Crippen molar-refractivity contribution in [2.24, 2.45) is 5.92 Å². The van der Waals surface area contributed by atoms with Crippen molar-refractivity contribution in [2.45, 2.75) is 24.9 Å². The summed E-state index contributed by atoms with van der Waals surface area (Å²) in [7, 11) is 0. The molecule has 0 aromatic carbocycles. The first-order chi connectivity index (χ1) is 9.24. The van der Waals surface area contributed by atoms with Crippen LogP contribution >= 0.6 is 11.8 Å². The zero-order valence-electron chi connectivity index (χ0n) is 11.2. The highest BCUT2D eigenvalue weighted by atomic mass is 32.2. The van der Waals surface area contributed by atoms with Gasteiger partial charge in [0.25, 0.3) is 0 Å². The van der Waals surface area contributed by atoms with Crippen LogP contribution in [0.25, 0.3) is 0 Å². The molecular weight excluding hydrogens is 260 g/mol. The summed E-state index contributed by atoms with van der Waals surface area (Å²) in [5, 5.41) is 6.98. The third-order valence-corrected chi connectivity index (χ3v) is 3.95. The SMILES string of the molecule is Cc1cnc(SCC(=O)NCC2CCCNC2)nc1. The molecule has 104 valence electrons. The molecule has 19 heavy (non-hydrogen) atoms. The van der Waals surface area contributed by atoms with E-state index in [0.717, 1.165) is 25.2 Å². The first-order valence-electron chi connectivity index (χ1n) is 6.63. The van der Waals surface area contributed by atoms with Crippen LogP contribution in [-0.4, -0.2) is 41.3 Å². The van der Waals surface area contributed by atoms with E-state index >= 15 is 0 Å². The summed E-state index contributed by atoms with van der Waals surface area (Å²) in [6, 6.07) is 0. The van der Waals surface area contributed by atoms with Gasteiger partial charge in [-0.25, -0.2) is 9.97 Å². The van der Waals surface area contributed by atoms with E-state index in [1.807, 2.05) is 6.92 Å². The molecule has 1 saturated heterocycles. The van der Waals surface area contributed by atoms with Gasteiger partial charge < -0.3 is 10.6 Å². The molecule has 1 aliphatic rings. The number of piperidine rings is 1. The van der Waals surface area contributed by atoms with Crippen LogP contribution in [0, 0.1) is 12.8 Å². The normalized spacial score (nSPS) is 19.1. The summed E-state index contributed by atoms with van der Waals surface area (Å²) < 4.78 is 0. The molecule has 1 unspecified atom stereocenters. The third kappa shape index (κ3) is 5.16. The number of carbonyl (C=O) groups is 1. The highest BCUT2D eigenvalue weighted by molar-refractivity contribution is 7.99. The second-order valence-electron chi connectivity index (χ2n) is 4.85. The summed E-state index contributed by atoms with van der Waals surface area (Å²) in [5.74, 6) is 1.00. The molecule has 0 radical (unpaired) electrons. The van der Waals surface area contributed by atoms with Crippen molar-refractivity contribution >= 4 is 17.7 Å². The predicted octanol–water partition coefficient (Wildman–Crippen LogP) is 0.993. The van der Waals surface area contributed by atoms with Crippen molar-refractivity contribution in [1.82, 2.24) is 20.6 Å².